The molecule has 4 rings (SSSR count). The number of fused-ring (bicyclic) bond motifs is 1. The van der Waals surface area contributed by atoms with Crippen molar-refractivity contribution >= 4 is 11.5 Å². The molecule has 2 aromatic rings. The highest BCUT2D eigenvalue weighted by molar-refractivity contribution is 5.90. The van der Waals surface area contributed by atoms with Gasteiger partial charge in [0.15, 0.2) is 0 Å². The average molecular weight is 413 g/mol. The summed E-state index contributed by atoms with van der Waals surface area (Å²) in [5, 5.41) is 3.68. The first-order valence-electron chi connectivity index (χ1n) is 10.9. The third-order valence-corrected chi connectivity index (χ3v) is 6.33. The van der Waals surface area contributed by atoms with E-state index in [4.69, 9.17) is 14.2 Å². The molecule has 4 atom stereocenters. The molecule has 4 unspecified atom stereocenters. The molecule has 0 radical (unpaired) electrons. The number of carbonyl (C=O) groups excluding carboxylic acids is 1. The molecule has 1 saturated heterocycles. The van der Waals surface area contributed by atoms with Gasteiger partial charge in [0.1, 0.15) is 0 Å². The molecule has 1 fully saturated rings. The average Bonchev–Trinajstić information content (AvgIpc) is 3.23. The van der Waals surface area contributed by atoms with E-state index in [1.54, 1.807) is 6.07 Å². The van der Waals surface area contributed by atoms with Gasteiger partial charge in [-0.2, -0.15) is 0 Å². The van der Waals surface area contributed by atoms with Crippen LogP contribution in [0.2, 0.25) is 0 Å². The highest BCUT2D eigenvalue weighted by atomic mass is 16.5. The van der Waals surface area contributed by atoms with Crippen LogP contribution in [0.4, 0.5) is 0 Å². The lowest BCUT2D eigenvalue weighted by Crippen LogP contribution is -2.57. The van der Waals surface area contributed by atoms with Crippen LogP contribution in [0.5, 0.6) is 0 Å². The summed E-state index contributed by atoms with van der Waals surface area (Å²) in [6, 6.07) is 7.74. The minimum Gasteiger partial charge on any atom is -0.462 e. The van der Waals surface area contributed by atoms with Crippen LogP contribution in [0.1, 0.15) is 37.6 Å². The van der Waals surface area contributed by atoms with Crippen molar-refractivity contribution in [1.82, 2.24) is 9.72 Å². The lowest BCUT2D eigenvalue weighted by Gasteiger charge is -2.42. The highest BCUT2D eigenvalue weighted by Gasteiger charge is 2.36. The molecule has 0 aliphatic carbocycles. The Kier molecular flexibility index (Phi) is 6.56. The molecule has 0 spiro atoms. The number of hydrogen-bond acceptors (Lipinski definition) is 5. The van der Waals surface area contributed by atoms with Gasteiger partial charge in [-0.1, -0.05) is 19.9 Å². The van der Waals surface area contributed by atoms with E-state index in [0.717, 1.165) is 25.1 Å². The molecule has 2 aliphatic rings. The van der Waals surface area contributed by atoms with E-state index in [1.165, 1.54) is 5.57 Å². The molecule has 0 aromatic carbocycles. The Morgan fingerprint density at radius 3 is 2.93 bits per heavy atom. The smallest absolute Gasteiger partial charge is 0.338 e. The van der Waals surface area contributed by atoms with E-state index in [-0.39, 0.29) is 30.1 Å². The second kappa shape index (κ2) is 9.33. The largest absolute Gasteiger partial charge is 0.462 e. The van der Waals surface area contributed by atoms with Crippen LogP contribution in [-0.2, 0) is 14.2 Å². The lowest BCUT2D eigenvalue weighted by molar-refractivity contribution is -0.0663. The van der Waals surface area contributed by atoms with Crippen LogP contribution in [0.3, 0.4) is 0 Å². The molecule has 162 valence electrons. The molecule has 0 bridgehead atoms. The van der Waals surface area contributed by atoms with Crippen LogP contribution in [0, 0.1) is 11.8 Å². The maximum atomic E-state index is 12.7. The maximum absolute atomic E-state index is 12.7. The van der Waals surface area contributed by atoms with E-state index in [2.05, 4.69) is 32.2 Å². The number of rotatable bonds is 6. The number of carbonyl (C=O) groups is 1. The fourth-order valence-corrected chi connectivity index (χ4v) is 4.48. The van der Waals surface area contributed by atoms with Gasteiger partial charge in [-0.15, -0.1) is 0 Å². The molecule has 4 heterocycles. The Hall–Kier alpha value is -2.15. The molecule has 1 N–H and O–H groups in total. The van der Waals surface area contributed by atoms with Crippen LogP contribution < -0.4 is 5.32 Å². The first-order valence-corrected chi connectivity index (χ1v) is 10.9. The second-order valence-corrected chi connectivity index (χ2v) is 8.63. The van der Waals surface area contributed by atoms with Crippen molar-refractivity contribution in [3.8, 4) is 0 Å². The van der Waals surface area contributed by atoms with Gasteiger partial charge in [-0.3, -0.25) is 0 Å². The molecule has 2 aliphatic heterocycles. The van der Waals surface area contributed by atoms with Crippen LogP contribution in [0.15, 0.2) is 48.3 Å². The summed E-state index contributed by atoms with van der Waals surface area (Å²) in [5.41, 5.74) is 2.89. The third kappa shape index (κ3) is 4.61. The second-order valence-electron chi connectivity index (χ2n) is 8.63. The van der Waals surface area contributed by atoms with Gasteiger partial charge >= 0.3 is 5.97 Å². The lowest BCUT2D eigenvalue weighted by atomic mass is 9.85. The Bertz CT molecular complexity index is 903. The predicted octanol–water partition coefficient (Wildman–Crippen LogP) is 3.46. The zero-order chi connectivity index (χ0) is 21.1. The van der Waals surface area contributed by atoms with E-state index in [0.29, 0.717) is 24.7 Å². The minimum absolute atomic E-state index is 0.0377. The number of nitrogens with zero attached hydrogens (tertiary/aromatic N) is 1. The fraction of sp³-hybridized carbons (Fsp3) is 0.542. The van der Waals surface area contributed by atoms with Gasteiger partial charge in [-0.25, -0.2) is 4.79 Å². The molecule has 0 saturated carbocycles. The number of nitrogens with one attached hydrogen (secondary N) is 1. The van der Waals surface area contributed by atoms with Crippen molar-refractivity contribution in [3.05, 3.63) is 53.9 Å². The summed E-state index contributed by atoms with van der Waals surface area (Å²) in [4.78, 5) is 12.7. The van der Waals surface area contributed by atoms with Gasteiger partial charge in [0, 0.05) is 36.4 Å². The van der Waals surface area contributed by atoms with E-state index in [9.17, 15) is 4.79 Å². The van der Waals surface area contributed by atoms with Crippen molar-refractivity contribution in [2.45, 2.75) is 45.4 Å². The number of esters is 1. The van der Waals surface area contributed by atoms with E-state index >= 15 is 0 Å². The number of morpholine rings is 1. The maximum Gasteiger partial charge on any atom is 0.338 e. The molecular formula is C24H32N2O4. The molecule has 30 heavy (non-hydrogen) atoms. The standard InChI is InChI=1S/C24H32N2O4/c1-16(2)21(15-29-24(27)19-6-10-26-9-4-5-20(26)13-19)23-17(3)30-22(14-25-23)18-7-11-28-12-8-18/h4-7,9-10,13,16-17,21-23,25H,8,11-12,14-15H2,1-3H3. The summed E-state index contributed by atoms with van der Waals surface area (Å²) in [7, 11) is 0. The zero-order valence-corrected chi connectivity index (χ0v) is 18.0. The molecule has 0 amide bonds. The van der Waals surface area contributed by atoms with E-state index < -0.39 is 0 Å². The highest BCUT2D eigenvalue weighted by Crippen LogP contribution is 2.27. The molecular weight excluding hydrogens is 380 g/mol. The monoisotopic (exact) mass is 412 g/mol. The fourth-order valence-electron chi connectivity index (χ4n) is 4.48. The molecule has 6 nitrogen and oxygen atoms in total. The van der Waals surface area contributed by atoms with Crippen LogP contribution >= 0.6 is 0 Å². The summed E-state index contributed by atoms with van der Waals surface area (Å²) >= 11 is 0. The number of aromatic nitrogens is 1. The number of ether oxygens (including phenoxy) is 3. The summed E-state index contributed by atoms with van der Waals surface area (Å²) in [6.45, 7) is 9.05. The van der Waals surface area contributed by atoms with E-state index in [1.807, 2.05) is 35.0 Å². The SMILES string of the molecule is CC(C)C(COC(=O)c1ccn2cccc2c1)C1NCC(C2=CCOCC2)OC1C. The summed E-state index contributed by atoms with van der Waals surface area (Å²) in [5.74, 6) is 0.248. The quantitative estimate of drug-likeness (QED) is 0.582. The summed E-state index contributed by atoms with van der Waals surface area (Å²) < 4.78 is 19.5. The van der Waals surface area contributed by atoms with Crippen LogP contribution in [-0.4, -0.2) is 55.0 Å². The van der Waals surface area contributed by atoms with Gasteiger partial charge in [-0.05, 0) is 49.1 Å². The van der Waals surface area contributed by atoms with Gasteiger partial charge < -0.3 is 23.9 Å². The van der Waals surface area contributed by atoms with Crippen molar-refractivity contribution in [3.63, 3.8) is 0 Å². The first-order chi connectivity index (χ1) is 14.5. The molecule has 2 aromatic heterocycles. The topological polar surface area (TPSA) is 61.2 Å². The van der Waals surface area contributed by atoms with Crippen molar-refractivity contribution < 1.29 is 19.0 Å². The van der Waals surface area contributed by atoms with Crippen molar-refractivity contribution in [2.24, 2.45) is 11.8 Å². The Balaban J connectivity index is 1.37. The Morgan fingerprint density at radius 2 is 2.20 bits per heavy atom. The van der Waals surface area contributed by atoms with Crippen molar-refractivity contribution in [2.75, 3.05) is 26.4 Å². The van der Waals surface area contributed by atoms with Crippen LogP contribution in [0.25, 0.3) is 5.52 Å². The first kappa shape index (κ1) is 21.1. The number of hydrogen-bond donors (Lipinski definition) is 1. The summed E-state index contributed by atoms with van der Waals surface area (Å²) in [6.07, 6.45) is 7.06. The van der Waals surface area contributed by atoms with Crippen molar-refractivity contribution in [1.29, 1.82) is 0 Å². The zero-order valence-electron chi connectivity index (χ0n) is 18.0. The van der Waals surface area contributed by atoms with Gasteiger partial charge in [0.2, 0.25) is 0 Å². The minimum atomic E-state index is -0.279. The Labute approximate surface area is 178 Å². The third-order valence-electron chi connectivity index (χ3n) is 6.33. The normalized spacial score (nSPS) is 25.9. The van der Waals surface area contributed by atoms with Gasteiger partial charge in [0.25, 0.3) is 0 Å². The molecule has 6 heteroatoms. The number of pyridine rings is 1. The van der Waals surface area contributed by atoms with Gasteiger partial charge in [0.05, 0.1) is 37.6 Å². The predicted molar refractivity (Wildman–Crippen MR) is 116 cm³/mol. The Morgan fingerprint density at radius 1 is 1.33 bits per heavy atom.